The van der Waals surface area contributed by atoms with E-state index in [1.165, 1.54) is 11.1 Å². The van der Waals surface area contributed by atoms with Crippen LogP contribution in [0.15, 0.2) is 72.2 Å². The molecule has 140 valence electrons. The first-order chi connectivity index (χ1) is 13.2. The van der Waals surface area contributed by atoms with E-state index in [0.29, 0.717) is 13.1 Å². The van der Waals surface area contributed by atoms with Gasteiger partial charge in [-0.3, -0.25) is 4.99 Å². The standard InChI is InChI=1S/C21H24ClN5/c1-23-21(26(2)15-19-5-3-4-6-20(19)22)25-13-17-7-9-18(10-8-17)14-27-12-11-24-16-27/h3-12,16H,13-15H2,1-2H3,(H,23,25). The van der Waals surface area contributed by atoms with E-state index in [2.05, 4.69) is 49.0 Å². The molecule has 0 saturated heterocycles. The van der Waals surface area contributed by atoms with Crippen LogP contribution in [-0.4, -0.2) is 34.5 Å². The van der Waals surface area contributed by atoms with Crippen LogP contribution in [0.2, 0.25) is 5.02 Å². The lowest BCUT2D eigenvalue weighted by atomic mass is 10.1. The Bertz CT molecular complexity index is 872. The van der Waals surface area contributed by atoms with E-state index in [4.69, 9.17) is 11.6 Å². The van der Waals surface area contributed by atoms with Crippen molar-refractivity contribution in [1.29, 1.82) is 0 Å². The average Bonchev–Trinajstić information content (AvgIpc) is 3.18. The van der Waals surface area contributed by atoms with E-state index in [0.717, 1.165) is 23.1 Å². The number of hydrogen-bond donors (Lipinski definition) is 1. The SMILES string of the molecule is CN=C(NCc1ccc(Cn2ccnc2)cc1)N(C)Cc1ccccc1Cl. The van der Waals surface area contributed by atoms with Gasteiger partial charge in [-0.05, 0) is 22.8 Å². The first-order valence-electron chi connectivity index (χ1n) is 8.84. The number of imidazole rings is 1. The third-order valence-corrected chi connectivity index (χ3v) is 4.71. The van der Waals surface area contributed by atoms with Crippen LogP contribution in [0.4, 0.5) is 0 Å². The molecule has 0 bridgehead atoms. The molecule has 0 unspecified atom stereocenters. The molecule has 3 rings (SSSR count). The molecule has 0 saturated carbocycles. The van der Waals surface area contributed by atoms with Gasteiger partial charge in [0.25, 0.3) is 0 Å². The van der Waals surface area contributed by atoms with E-state index in [-0.39, 0.29) is 0 Å². The molecule has 0 fully saturated rings. The summed E-state index contributed by atoms with van der Waals surface area (Å²) in [5.41, 5.74) is 3.53. The van der Waals surface area contributed by atoms with E-state index in [9.17, 15) is 0 Å². The number of rotatable bonds is 6. The monoisotopic (exact) mass is 381 g/mol. The molecule has 0 radical (unpaired) electrons. The Balaban J connectivity index is 1.55. The molecule has 3 aromatic rings. The van der Waals surface area contributed by atoms with E-state index >= 15 is 0 Å². The Labute approximate surface area is 165 Å². The summed E-state index contributed by atoms with van der Waals surface area (Å²) in [5.74, 6) is 0.831. The fourth-order valence-electron chi connectivity index (χ4n) is 2.88. The second-order valence-corrected chi connectivity index (χ2v) is 6.81. The van der Waals surface area contributed by atoms with Gasteiger partial charge in [-0.1, -0.05) is 54.1 Å². The van der Waals surface area contributed by atoms with Crippen molar-refractivity contribution < 1.29 is 0 Å². The topological polar surface area (TPSA) is 45.5 Å². The Morgan fingerprint density at radius 2 is 1.89 bits per heavy atom. The van der Waals surface area contributed by atoms with Crippen molar-refractivity contribution in [2.75, 3.05) is 14.1 Å². The zero-order valence-electron chi connectivity index (χ0n) is 15.6. The van der Waals surface area contributed by atoms with Crippen LogP contribution in [0.25, 0.3) is 0 Å². The minimum Gasteiger partial charge on any atom is -0.352 e. The zero-order valence-corrected chi connectivity index (χ0v) is 16.4. The van der Waals surface area contributed by atoms with Crippen molar-refractivity contribution >= 4 is 17.6 Å². The van der Waals surface area contributed by atoms with Gasteiger partial charge in [-0.15, -0.1) is 0 Å². The minimum atomic E-state index is 0.698. The second kappa shape index (κ2) is 9.24. The summed E-state index contributed by atoms with van der Waals surface area (Å²) in [7, 11) is 3.80. The Morgan fingerprint density at radius 1 is 1.15 bits per heavy atom. The summed E-state index contributed by atoms with van der Waals surface area (Å²) < 4.78 is 2.05. The minimum absolute atomic E-state index is 0.698. The lowest BCUT2D eigenvalue weighted by molar-refractivity contribution is 0.476. The molecule has 0 amide bonds. The normalized spacial score (nSPS) is 11.4. The van der Waals surface area contributed by atoms with Crippen LogP contribution in [-0.2, 0) is 19.6 Å². The third kappa shape index (κ3) is 5.34. The Morgan fingerprint density at radius 3 is 2.56 bits per heavy atom. The number of benzene rings is 2. The van der Waals surface area contributed by atoms with Crippen molar-refractivity contribution in [1.82, 2.24) is 19.8 Å². The Hall–Kier alpha value is -2.79. The molecule has 6 heteroatoms. The van der Waals surface area contributed by atoms with Crippen molar-refractivity contribution in [2.24, 2.45) is 4.99 Å². The average molecular weight is 382 g/mol. The third-order valence-electron chi connectivity index (χ3n) is 4.34. The summed E-state index contributed by atoms with van der Waals surface area (Å²) >= 11 is 6.26. The molecule has 27 heavy (non-hydrogen) atoms. The largest absolute Gasteiger partial charge is 0.352 e. The maximum atomic E-state index is 6.26. The summed E-state index contributed by atoms with van der Waals surface area (Å²) in [6, 6.07) is 16.4. The van der Waals surface area contributed by atoms with E-state index in [1.807, 2.05) is 43.8 Å². The highest BCUT2D eigenvalue weighted by atomic mass is 35.5. The van der Waals surface area contributed by atoms with Gasteiger partial charge >= 0.3 is 0 Å². The van der Waals surface area contributed by atoms with Gasteiger partial charge in [0.1, 0.15) is 0 Å². The lowest BCUT2D eigenvalue weighted by Gasteiger charge is -2.22. The molecular formula is C21H24ClN5. The van der Waals surface area contributed by atoms with Crippen LogP contribution >= 0.6 is 11.6 Å². The van der Waals surface area contributed by atoms with Crippen LogP contribution in [0.3, 0.4) is 0 Å². The summed E-state index contributed by atoms with van der Waals surface area (Å²) in [4.78, 5) is 10.5. The summed E-state index contributed by atoms with van der Waals surface area (Å²) in [5, 5.41) is 4.18. The summed E-state index contributed by atoms with van der Waals surface area (Å²) in [6.07, 6.45) is 5.59. The Kier molecular flexibility index (Phi) is 6.49. The van der Waals surface area contributed by atoms with Gasteiger partial charge in [-0.25, -0.2) is 4.98 Å². The summed E-state index contributed by atoms with van der Waals surface area (Å²) in [6.45, 7) is 2.24. The molecule has 0 aliphatic heterocycles. The first-order valence-corrected chi connectivity index (χ1v) is 9.22. The van der Waals surface area contributed by atoms with Crippen molar-refractivity contribution in [2.45, 2.75) is 19.6 Å². The maximum Gasteiger partial charge on any atom is 0.193 e. The van der Waals surface area contributed by atoms with Crippen LogP contribution in [0, 0.1) is 0 Å². The van der Waals surface area contributed by atoms with Gasteiger partial charge in [0.2, 0.25) is 0 Å². The highest BCUT2D eigenvalue weighted by Crippen LogP contribution is 2.16. The molecule has 0 aliphatic carbocycles. The molecule has 0 aliphatic rings. The van der Waals surface area contributed by atoms with E-state index in [1.54, 1.807) is 13.2 Å². The molecule has 5 nitrogen and oxygen atoms in total. The lowest BCUT2D eigenvalue weighted by Crippen LogP contribution is -2.38. The number of nitrogens with zero attached hydrogens (tertiary/aromatic N) is 4. The van der Waals surface area contributed by atoms with Gasteiger partial charge in [0.05, 0.1) is 6.33 Å². The van der Waals surface area contributed by atoms with Crippen LogP contribution < -0.4 is 5.32 Å². The second-order valence-electron chi connectivity index (χ2n) is 6.40. The van der Waals surface area contributed by atoms with Gasteiger partial charge in [-0.2, -0.15) is 0 Å². The molecular weight excluding hydrogens is 358 g/mol. The molecule has 1 heterocycles. The fourth-order valence-corrected chi connectivity index (χ4v) is 3.07. The number of aromatic nitrogens is 2. The molecule has 0 spiro atoms. The highest BCUT2D eigenvalue weighted by molar-refractivity contribution is 6.31. The van der Waals surface area contributed by atoms with Gasteiger partial charge in [0.15, 0.2) is 5.96 Å². The van der Waals surface area contributed by atoms with E-state index < -0.39 is 0 Å². The highest BCUT2D eigenvalue weighted by Gasteiger charge is 2.08. The van der Waals surface area contributed by atoms with Gasteiger partial charge in [0, 0.05) is 51.1 Å². The smallest absolute Gasteiger partial charge is 0.193 e. The number of hydrogen-bond acceptors (Lipinski definition) is 2. The van der Waals surface area contributed by atoms with Crippen LogP contribution in [0.1, 0.15) is 16.7 Å². The molecule has 0 atom stereocenters. The number of aliphatic imine (C=N–C) groups is 1. The number of guanidine groups is 1. The number of halogens is 1. The molecule has 1 N–H and O–H groups in total. The van der Waals surface area contributed by atoms with Crippen molar-refractivity contribution in [3.63, 3.8) is 0 Å². The maximum absolute atomic E-state index is 6.26. The predicted octanol–water partition coefficient (Wildman–Crippen LogP) is 3.79. The zero-order chi connectivity index (χ0) is 19.1. The fraction of sp³-hybridized carbons (Fsp3) is 0.238. The van der Waals surface area contributed by atoms with Crippen molar-refractivity contribution in [3.8, 4) is 0 Å². The first kappa shape index (κ1) is 19.0. The molecule has 2 aromatic carbocycles. The van der Waals surface area contributed by atoms with Gasteiger partial charge < -0.3 is 14.8 Å². The number of nitrogens with one attached hydrogen (secondary N) is 1. The van der Waals surface area contributed by atoms with Crippen molar-refractivity contribution in [3.05, 3.63) is 89.0 Å². The molecule has 1 aromatic heterocycles. The predicted molar refractivity (Wildman–Crippen MR) is 111 cm³/mol. The quantitative estimate of drug-likeness (QED) is 0.522. The van der Waals surface area contributed by atoms with Crippen LogP contribution in [0.5, 0.6) is 0 Å².